The van der Waals surface area contributed by atoms with Crippen LogP contribution in [0.1, 0.15) is 50.2 Å². The van der Waals surface area contributed by atoms with Gasteiger partial charge in [0.05, 0.1) is 0 Å². The summed E-state index contributed by atoms with van der Waals surface area (Å²) in [5.74, 6) is -1.86. The van der Waals surface area contributed by atoms with Gasteiger partial charge in [-0.15, -0.1) is 0 Å². The van der Waals surface area contributed by atoms with E-state index in [-0.39, 0.29) is 25.0 Å². The van der Waals surface area contributed by atoms with Crippen molar-refractivity contribution >= 4 is 18.0 Å². The summed E-state index contributed by atoms with van der Waals surface area (Å²) in [7, 11) is 0. The molecule has 1 fully saturated rings. The third-order valence-electron chi connectivity index (χ3n) is 6.95. The van der Waals surface area contributed by atoms with Crippen LogP contribution in [-0.4, -0.2) is 54.5 Å². The van der Waals surface area contributed by atoms with Crippen LogP contribution in [0.2, 0.25) is 0 Å². The van der Waals surface area contributed by atoms with Gasteiger partial charge in [0.25, 0.3) is 0 Å². The Hall–Kier alpha value is -3.39. The Bertz CT molecular complexity index is 1060. The van der Waals surface area contributed by atoms with Gasteiger partial charge < -0.3 is 25.2 Å². The Balaban J connectivity index is 1.32. The third-order valence-corrected chi connectivity index (χ3v) is 6.95. The zero-order valence-corrected chi connectivity index (χ0v) is 20.1. The number of hydrogen-bond acceptors (Lipinski definition) is 5. The van der Waals surface area contributed by atoms with E-state index >= 15 is 0 Å². The van der Waals surface area contributed by atoms with Crippen LogP contribution in [0.15, 0.2) is 48.5 Å². The van der Waals surface area contributed by atoms with E-state index in [1.165, 1.54) is 6.92 Å². The molecule has 1 aliphatic carbocycles. The average Bonchev–Trinajstić information content (AvgIpc) is 3.44. The first-order valence-electron chi connectivity index (χ1n) is 12.1. The summed E-state index contributed by atoms with van der Waals surface area (Å²) < 4.78 is 11.2. The Morgan fingerprint density at radius 2 is 1.71 bits per heavy atom. The lowest BCUT2D eigenvalue weighted by atomic mass is 9.94. The van der Waals surface area contributed by atoms with Gasteiger partial charge in [-0.25, -0.2) is 9.59 Å². The Morgan fingerprint density at radius 3 is 2.31 bits per heavy atom. The molecule has 1 aliphatic heterocycles. The van der Waals surface area contributed by atoms with Gasteiger partial charge >= 0.3 is 12.1 Å². The second-order valence-electron chi connectivity index (χ2n) is 9.42. The summed E-state index contributed by atoms with van der Waals surface area (Å²) in [4.78, 5) is 37.0. The smallest absolute Gasteiger partial charge is 0.407 e. The second kappa shape index (κ2) is 10.5. The van der Waals surface area contributed by atoms with Crippen LogP contribution in [0.3, 0.4) is 0 Å². The SMILES string of the molecule is CCCC(C)(NC(=O)[C@H]1OCC[C@H]1CNC(=O)OCC1c2ccccc2-c2ccccc21)C(=O)O. The van der Waals surface area contributed by atoms with Crippen molar-refractivity contribution in [3.8, 4) is 11.1 Å². The lowest BCUT2D eigenvalue weighted by molar-refractivity contribution is -0.149. The standard InChI is InChI=1S/C27H32N2O6/c1-3-13-27(2,25(31)32)29-24(30)23-17(12-14-34-23)15-28-26(33)35-16-22-20-10-6-4-8-18(20)19-9-5-7-11-21(19)22/h4-11,17,22-23H,3,12-16H2,1-2H3,(H,28,33)(H,29,30)(H,31,32)/t17-,23-,27?/m0/s1. The van der Waals surface area contributed by atoms with Crippen molar-refractivity contribution in [2.24, 2.45) is 5.92 Å². The molecule has 0 bridgehead atoms. The lowest BCUT2D eigenvalue weighted by Crippen LogP contribution is -2.56. The topological polar surface area (TPSA) is 114 Å². The number of carboxylic acid groups (broad SMARTS) is 1. The molecule has 3 atom stereocenters. The van der Waals surface area contributed by atoms with Gasteiger partial charge in [0.2, 0.25) is 5.91 Å². The number of alkyl carbamates (subject to hydrolysis) is 1. The second-order valence-corrected chi connectivity index (χ2v) is 9.42. The largest absolute Gasteiger partial charge is 0.480 e. The van der Waals surface area contributed by atoms with E-state index in [0.29, 0.717) is 25.9 Å². The summed E-state index contributed by atoms with van der Waals surface area (Å²) in [6.45, 7) is 4.13. The van der Waals surface area contributed by atoms with E-state index in [1.807, 2.05) is 31.2 Å². The van der Waals surface area contributed by atoms with Crippen molar-refractivity contribution < 1.29 is 29.0 Å². The number of aliphatic carboxylic acids is 1. The molecule has 1 heterocycles. The van der Waals surface area contributed by atoms with Crippen molar-refractivity contribution in [1.82, 2.24) is 10.6 Å². The molecule has 2 amide bonds. The number of amides is 2. The molecule has 3 N–H and O–H groups in total. The predicted molar refractivity (Wildman–Crippen MR) is 130 cm³/mol. The number of carbonyl (C=O) groups excluding carboxylic acids is 2. The molecule has 1 unspecified atom stereocenters. The maximum atomic E-state index is 12.8. The molecule has 2 aliphatic rings. The minimum Gasteiger partial charge on any atom is -0.480 e. The number of carboxylic acids is 1. The van der Waals surface area contributed by atoms with Crippen LogP contribution in [0, 0.1) is 5.92 Å². The fourth-order valence-electron chi connectivity index (χ4n) is 5.06. The normalized spacial score (nSPS) is 20.4. The van der Waals surface area contributed by atoms with Crippen LogP contribution in [0.5, 0.6) is 0 Å². The molecule has 35 heavy (non-hydrogen) atoms. The maximum Gasteiger partial charge on any atom is 0.407 e. The molecule has 8 heteroatoms. The first-order chi connectivity index (χ1) is 16.8. The number of ether oxygens (including phenoxy) is 2. The van der Waals surface area contributed by atoms with Gasteiger partial charge in [0.1, 0.15) is 18.2 Å². The van der Waals surface area contributed by atoms with E-state index < -0.39 is 29.6 Å². The molecular formula is C27H32N2O6. The van der Waals surface area contributed by atoms with Gasteiger partial charge in [0, 0.05) is 25.0 Å². The highest BCUT2D eigenvalue weighted by molar-refractivity contribution is 5.89. The van der Waals surface area contributed by atoms with Crippen molar-refractivity contribution in [3.05, 3.63) is 59.7 Å². The van der Waals surface area contributed by atoms with Crippen molar-refractivity contribution in [3.63, 3.8) is 0 Å². The van der Waals surface area contributed by atoms with Crippen LogP contribution < -0.4 is 10.6 Å². The van der Waals surface area contributed by atoms with Crippen molar-refractivity contribution in [1.29, 1.82) is 0 Å². The summed E-state index contributed by atoms with van der Waals surface area (Å²) in [6.07, 6.45) is 0.128. The zero-order chi connectivity index (χ0) is 25.0. The number of fused-ring (bicyclic) bond motifs is 3. The van der Waals surface area contributed by atoms with Crippen molar-refractivity contribution in [2.75, 3.05) is 19.8 Å². The molecule has 8 nitrogen and oxygen atoms in total. The molecule has 2 aromatic rings. The minimum atomic E-state index is -1.36. The molecular weight excluding hydrogens is 448 g/mol. The highest BCUT2D eigenvalue weighted by atomic mass is 16.5. The predicted octanol–water partition coefficient (Wildman–Crippen LogP) is 3.69. The molecule has 4 rings (SSSR count). The Kier molecular flexibility index (Phi) is 7.40. The van der Waals surface area contributed by atoms with Crippen LogP contribution in [0.4, 0.5) is 4.79 Å². The fourth-order valence-corrected chi connectivity index (χ4v) is 5.06. The molecule has 0 radical (unpaired) electrons. The summed E-state index contributed by atoms with van der Waals surface area (Å²) in [5.41, 5.74) is 3.23. The number of carbonyl (C=O) groups is 3. The van der Waals surface area contributed by atoms with Crippen LogP contribution in [0.25, 0.3) is 11.1 Å². The first kappa shape index (κ1) is 24.7. The molecule has 1 saturated heterocycles. The summed E-state index contributed by atoms with van der Waals surface area (Å²) in [6, 6.07) is 16.3. The molecule has 2 aromatic carbocycles. The van der Waals surface area contributed by atoms with E-state index in [1.54, 1.807) is 0 Å². The van der Waals surface area contributed by atoms with Crippen LogP contribution >= 0.6 is 0 Å². The van der Waals surface area contributed by atoms with E-state index in [2.05, 4.69) is 34.9 Å². The third kappa shape index (κ3) is 5.17. The minimum absolute atomic E-state index is 0.0336. The highest BCUT2D eigenvalue weighted by Crippen LogP contribution is 2.44. The number of nitrogens with one attached hydrogen (secondary N) is 2. The fraction of sp³-hybridized carbons (Fsp3) is 0.444. The average molecular weight is 481 g/mol. The van der Waals surface area contributed by atoms with Gasteiger partial charge in [-0.3, -0.25) is 4.79 Å². The molecule has 0 spiro atoms. The summed E-state index contributed by atoms with van der Waals surface area (Å²) in [5, 5.41) is 14.9. The lowest BCUT2D eigenvalue weighted by Gasteiger charge is -2.28. The van der Waals surface area contributed by atoms with Gasteiger partial charge in [-0.05, 0) is 42.0 Å². The van der Waals surface area contributed by atoms with Gasteiger partial charge in [0.15, 0.2) is 0 Å². The van der Waals surface area contributed by atoms with Crippen LogP contribution in [-0.2, 0) is 19.1 Å². The molecule has 0 aromatic heterocycles. The molecule has 186 valence electrons. The Morgan fingerprint density at radius 1 is 1.09 bits per heavy atom. The van der Waals surface area contributed by atoms with E-state index in [9.17, 15) is 19.5 Å². The first-order valence-corrected chi connectivity index (χ1v) is 12.1. The zero-order valence-electron chi connectivity index (χ0n) is 20.1. The van der Waals surface area contributed by atoms with Crippen molar-refractivity contribution in [2.45, 2.75) is 50.7 Å². The Labute approximate surface area is 205 Å². The number of benzene rings is 2. The molecule has 0 saturated carbocycles. The maximum absolute atomic E-state index is 12.8. The van der Waals surface area contributed by atoms with Gasteiger partial charge in [-0.2, -0.15) is 0 Å². The van der Waals surface area contributed by atoms with Gasteiger partial charge in [-0.1, -0.05) is 61.9 Å². The highest BCUT2D eigenvalue weighted by Gasteiger charge is 2.40. The van der Waals surface area contributed by atoms with E-state index in [4.69, 9.17) is 9.47 Å². The number of hydrogen-bond donors (Lipinski definition) is 3. The number of rotatable bonds is 9. The van der Waals surface area contributed by atoms with E-state index in [0.717, 1.165) is 22.3 Å². The summed E-state index contributed by atoms with van der Waals surface area (Å²) >= 11 is 0. The monoisotopic (exact) mass is 480 g/mol. The quantitative estimate of drug-likeness (QED) is 0.504.